The Labute approximate surface area is 89.9 Å². The molecule has 2 rings (SSSR count). The number of hydrogen-bond donors (Lipinski definition) is 1. The minimum absolute atomic E-state index is 0. The Morgan fingerprint density at radius 1 is 1.46 bits per heavy atom. The lowest BCUT2D eigenvalue weighted by Crippen LogP contribution is -1.94. The van der Waals surface area contributed by atoms with Crippen molar-refractivity contribution in [2.45, 2.75) is 6.54 Å². The number of fused-ring (bicyclic) bond motifs is 1. The zero-order chi connectivity index (χ0) is 8.55. The van der Waals surface area contributed by atoms with E-state index in [1.807, 2.05) is 18.2 Å². The van der Waals surface area contributed by atoms with Gasteiger partial charge in [-0.15, -0.1) is 12.4 Å². The van der Waals surface area contributed by atoms with Crippen LogP contribution in [0.25, 0.3) is 11.1 Å². The highest BCUT2D eigenvalue weighted by molar-refractivity contribution is 9.10. The number of rotatable bonds is 1. The van der Waals surface area contributed by atoms with Crippen molar-refractivity contribution >= 4 is 39.4 Å². The van der Waals surface area contributed by atoms with E-state index in [0.29, 0.717) is 12.4 Å². The molecule has 0 unspecified atom stereocenters. The number of aromatic nitrogens is 1. The summed E-state index contributed by atoms with van der Waals surface area (Å²) in [6, 6.07) is 5.69. The van der Waals surface area contributed by atoms with E-state index in [0.717, 1.165) is 15.6 Å². The van der Waals surface area contributed by atoms with Crippen LogP contribution in [0.2, 0.25) is 0 Å². The minimum Gasteiger partial charge on any atom is -0.439 e. The topological polar surface area (TPSA) is 52.0 Å². The van der Waals surface area contributed by atoms with Crippen LogP contribution in [0.4, 0.5) is 0 Å². The Balaban J connectivity index is 0.000000845. The molecule has 70 valence electrons. The highest BCUT2D eigenvalue weighted by Gasteiger charge is 2.03. The summed E-state index contributed by atoms with van der Waals surface area (Å²) in [5.74, 6) is 0.572. The standard InChI is InChI=1S/C8H7BrN2O.ClH/c9-5-1-2-6-7(3-5)12-8(4-10)11-6;/h1-3H,4,10H2;1H. The predicted octanol–water partition coefficient (Wildman–Crippen LogP) is 2.47. The third-order valence-electron chi connectivity index (χ3n) is 1.57. The Bertz CT molecular complexity index is 415. The van der Waals surface area contributed by atoms with Gasteiger partial charge in [0.2, 0.25) is 5.89 Å². The zero-order valence-corrected chi connectivity index (χ0v) is 9.06. The molecule has 0 saturated carbocycles. The van der Waals surface area contributed by atoms with Gasteiger partial charge in [0.1, 0.15) is 5.52 Å². The van der Waals surface area contributed by atoms with Crippen LogP contribution < -0.4 is 5.73 Å². The number of benzene rings is 1. The molecule has 0 aliphatic rings. The normalized spacial score (nSPS) is 10.0. The summed E-state index contributed by atoms with van der Waals surface area (Å²) in [6.07, 6.45) is 0. The Morgan fingerprint density at radius 2 is 2.23 bits per heavy atom. The van der Waals surface area contributed by atoms with E-state index in [1.165, 1.54) is 0 Å². The van der Waals surface area contributed by atoms with Crippen LogP contribution in [-0.2, 0) is 6.54 Å². The Hall–Kier alpha value is -0.580. The van der Waals surface area contributed by atoms with Gasteiger partial charge in [0.15, 0.2) is 5.58 Å². The number of oxazole rings is 1. The molecule has 0 radical (unpaired) electrons. The SMILES string of the molecule is Cl.NCc1nc2ccc(Br)cc2o1. The van der Waals surface area contributed by atoms with Crippen molar-refractivity contribution in [1.29, 1.82) is 0 Å². The third kappa shape index (κ3) is 2.02. The van der Waals surface area contributed by atoms with Crippen LogP contribution in [-0.4, -0.2) is 4.98 Å². The third-order valence-corrected chi connectivity index (χ3v) is 2.06. The average Bonchev–Trinajstić information content (AvgIpc) is 2.46. The van der Waals surface area contributed by atoms with Gasteiger partial charge in [0.05, 0.1) is 6.54 Å². The second-order valence-electron chi connectivity index (χ2n) is 2.42. The molecule has 1 aromatic heterocycles. The Kier molecular flexibility index (Phi) is 3.30. The number of nitrogens with zero attached hydrogens (tertiary/aromatic N) is 1. The lowest BCUT2D eigenvalue weighted by Gasteiger charge is -1.86. The van der Waals surface area contributed by atoms with Crippen LogP contribution in [0.15, 0.2) is 27.1 Å². The summed E-state index contributed by atoms with van der Waals surface area (Å²) in [4.78, 5) is 4.16. The van der Waals surface area contributed by atoms with Gasteiger partial charge in [-0.3, -0.25) is 0 Å². The molecular formula is C8H8BrClN2O. The molecule has 0 aliphatic heterocycles. The highest BCUT2D eigenvalue weighted by Crippen LogP contribution is 2.19. The van der Waals surface area contributed by atoms with Crippen LogP contribution in [0, 0.1) is 0 Å². The van der Waals surface area contributed by atoms with Crippen molar-refractivity contribution in [3.8, 4) is 0 Å². The van der Waals surface area contributed by atoms with Gasteiger partial charge in [-0.05, 0) is 18.2 Å². The first-order valence-electron chi connectivity index (χ1n) is 3.54. The first-order chi connectivity index (χ1) is 5.79. The molecule has 1 heterocycles. The summed E-state index contributed by atoms with van der Waals surface area (Å²) in [5.41, 5.74) is 7.00. The van der Waals surface area contributed by atoms with Gasteiger partial charge in [0, 0.05) is 4.47 Å². The van der Waals surface area contributed by atoms with E-state index >= 15 is 0 Å². The number of hydrogen-bond acceptors (Lipinski definition) is 3. The average molecular weight is 264 g/mol. The van der Waals surface area contributed by atoms with E-state index in [9.17, 15) is 0 Å². The van der Waals surface area contributed by atoms with Crippen molar-refractivity contribution in [2.75, 3.05) is 0 Å². The van der Waals surface area contributed by atoms with Gasteiger partial charge in [0.25, 0.3) is 0 Å². The first kappa shape index (κ1) is 10.5. The smallest absolute Gasteiger partial charge is 0.209 e. The van der Waals surface area contributed by atoms with E-state index in [4.69, 9.17) is 10.2 Å². The van der Waals surface area contributed by atoms with Gasteiger partial charge in [-0.2, -0.15) is 0 Å². The maximum atomic E-state index is 5.38. The fourth-order valence-electron chi connectivity index (χ4n) is 1.03. The molecular weight excluding hydrogens is 255 g/mol. The summed E-state index contributed by atoms with van der Waals surface area (Å²) in [5, 5.41) is 0. The second kappa shape index (κ2) is 4.09. The fraction of sp³-hybridized carbons (Fsp3) is 0.125. The van der Waals surface area contributed by atoms with Crippen LogP contribution in [0.5, 0.6) is 0 Å². The molecule has 0 atom stereocenters. The molecule has 3 nitrogen and oxygen atoms in total. The summed E-state index contributed by atoms with van der Waals surface area (Å²) >= 11 is 3.34. The van der Waals surface area contributed by atoms with Gasteiger partial charge in [-0.25, -0.2) is 4.98 Å². The van der Waals surface area contributed by atoms with Gasteiger partial charge >= 0.3 is 0 Å². The second-order valence-corrected chi connectivity index (χ2v) is 3.34. The van der Waals surface area contributed by atoms with E-state index in [-0.39, 0.29) is 12.4 Å². The minimum atomic E-state index is 0. The molecule has 2 N–H and O–H groups in total. The quantitative estimate of drug-likeness (QED) is 0.860. The van der Waals surface area contributed by atoms with Crippen LogP contribution in [0.1, 0.15) is 5.89 Å². The zero-order valence-electron chi connectivity index (χ0n) is 6.66. The van der Waals surface area contributed by atoms with E-state index in [2.05, 4.69) is 20.9 Å². The van der Waals surface area contributed by atoms with Crippen molar-refractivity contribution in [1.82, 2.24) is 4.98 Å². The molecule has 0 bridgehead atoms. The molecule has 5 heteroatoms. The summed E-state index contributed by atoms with van der Waals surface area (Å²) in [6.45, 7) is 0.340. The largest absolute Gasteiger partial charge is 0.439 e. The van der Waals surface area contributed by atoms with E-state index in [1.54, 1.807) is 0 Å². The molecule has 2 aromatic rings. The first-order valence-corrected chi connectivity index (χ1v) is 4.34. The van der Waals surface area contributed by atoms with Crippen molar-refractivity contribution < 1.29 is 4.42 Å². The lowest BCUT2D eigenvalue weighted by atomic mass is 10.3. The van der Waals surface area contributed by atoms with Crippen molar-refractivity contribution in [3.63, 3.8) is 0 Å². The van der Waals surface area contributed by atoms with Crippen LogP contribution >= 0.6 is 28.3 Å². The molecule has 1 aromatic carbocycles. The number of halogens is 2. The molecule has 0 saturated heterocycles. The molecule has 0 spiro atoms. The molecule has 13 heavy (non-hydrogen) atoms. The van der Waals surface area contributed by atoms with Crippen molar-refractivity contribution in [3.05, 3.63) is 28.6 Å². The lowest BCUT2D eigenvalue weighted by molar-refractivity contribution is 0.533. The molecule has 0 amide bonds. The molecule has 0 aliphatic carbocycles. The predicted molar refractivity (Wildman–Crippen MR) is 56.8 cm³/mol. The van der Waals surface area contributed by atoms with Gasteiger partial charge < -0.3 is 10.2 Å². The summed E-state index contributed by atoms with van der Waals surface area (Å²) < 4.78 is 6.31. The Morgan fingerprint density at radius 3 is 2.92 bits per heavy atom. The van der Waals surface area contributed by atoms with Crippen LogP contribution in [0.3, 0.4) is 0 Å². The highest BCUT2D eigenvalue weighted by atomic mass is 79.9. The summed E-state index contributed by atoms with van der Waals surface area (Å²) in [7, 11) is 0. The maximum Gasteiger partial charge on any atom is 0.209 e. The fourth-order valence-corrected chi connectivity index (χ4v) is 1.37. The molecule has 0 fully saturated rings. The van der Waals surface area contributed by atoms with E-state index < -0.39 is 0 Å². The van der Waals surface area contributed by atoms with Gasteiger partial charge in [-0.1, -0.05) is 15.9 Å². The maximum absolute atomic E-state index is 5.38. The number of nitrogens with two attached hydrogens (primary N) is 1. The van der Waals surface area contributed by atoms with Crippen molar-refractivity contribution in [2.24, 2.45) is 5.73 Å². The monoisotopic (exact) mass is 262 g/mol.